The van der Waals surface area contributed by atoms with Crippen LogP contribution in [0.15, 0.2) is 85.3 Å². The number of nitrogens with one attached hydrogen (secondary N) is 2. The summed E-state index contributed by atoms with van der Waals surface area (Å²) >= 11 is 3.46. The van der Waals surface area contributed by atoms with Crippen LogP contribution in [0.4, 0.5) is 15.8 Å². The van der Waals surface area contributed by atoms with Gasteiger partial charge in [-0.2, -0.15) is 0 Å². The molecule has 0 amide bonds. The Balaban J connectivity index is 1.24. The van der Waals surface area contributed by atoms with Crippen LogP contribution in [0.25, 0.3) is 11.3 Å². The summed E-state index contributed by atoms with van der Waals surface area (Å²) in [4.78, 5) is 33.7. The molecule has 1 unspecified atom stereocenters. The number of aromatic nitrogens is 3. The van der Waals surface area contributed by atoms with Crippen LogP contribution >= 0.6 is 23.5 Å². The minimum atomic E-state index is -0.364. The van der Waals surface area contributed by atoms with Crippen molar-refractivity contribution in [1.29, 1.82) is 0 Å². The highest BCUT2D eigenvalue weighted by Gasteiger charge is 2.23. The molecule has 0 radical (unpaired) electrons. The van der Waals surface area contributed by atoms with Crippen molar-refractivity contribution >= 4 is 34.9 Å². The first-order valence-corrected chi connectivity index (χ1v) is 16.1. The van der Waals surface area contributed by atoms with Crippen molar-refractivity contribution in [2.45, 2.75) is 39.0 Å². The molecule has 2 aromatic carbocycles. The number of pyridine rings is 1. The minimum absolute atomic E-state index is 0.0658. The summed E-state index contributed by atoms with van der Waals surface area (Å²) in [6, 6.07) is 16.4. The number of aromatic amines is 1. The first-order chi connectivity index (χ1) is 21.0. The van der Waals surface area contributed by atoms with Gasteiger partial charge in [-0.3, -0.25) is 14.8 Å². The van der Waals surface area contributed by atoms with Crippen LogP contribution in [-0.4, -0.2) is 73.0 Å². The van der Waals surface area contributed by atoms with Crippen molar-refractivity contribution in [3.05, 3.63) is 82.7 Å². The van der Waals surface area contributed by atoms with Crippen LogP contribution < -0.4 is 15.8 Å². The van der Waals surface area contributed by atoms with Gasteiger partial charge in [0.05, 0.1) is 42.5 Å². The van der Waals surface area contributed by atoms with Gasteiger partial charge in [0.1, 0.15) is 6.67 Å². The van der Waals surface area contributed by atoms with E-state index in [1.54, 1.807) is 35.8 Å². The number of H-pyrrole nitrogens is 1. The summed E-state index contributed by atoms with van der Waals surface area (Å²) in [5.74, 6) is 0. The fourth-order valence-electron chi connectivity index (χ4n) is 5.27. The Bertz CT molecular complexity index is 1630. The molecule has 1 saturated heterocycles. The number of rotatable bonds is 10. The van der Waals surface area contributed by atoms with Gasteiger partial charge in [0.2, 0.25) is 5.56 Å². The molecule has 6 rings (SSSR count). The Labute approximate surface area is 259 Å². The summed E-state index contributed by atoms with van der Waals surface area (Å²) in [5.41, 5.74) is 5.38. The van der Waals surface area contributed by atoms with Crippen molar-refractivity contribution in [3.63, 3.8) is 0 Å². The van der Waals surface area contributed by atoms with E-state index in [0.29, 0.717) is 19.8 Å². The number of ether oxygens (including phenoxy) is 1. The third kappa shape index (κ3) is 7.06. The van der Waals surface area contributed by atoms with Crippen molar-refractivity contribution in [3.8, 4) is 11.3 Å². The van der Waals surface area contributed by atoms with E-state index >= 15 is 0 Å². The number of alkyl halides is 1. The molecular formula is C32H35FN6O2S2. The molecule has 224 valence electrons. The van der Waals surface area contributed by atoms with Crippen molar-refractivity contribution in [1.82, 2.24) is 19.9 Å². The molecule has 43 heavy (non-hydrogen) atoms. The molecule has 0 spiro atoms. The maximum Gasteiger partial charge on any atom is 0.250 e. The molecule has 1 atom stereocenters. The first-order valence-electron chi connectivity index (χ1n) is 14.5. The number of fused-ring (bicyclic) bond motifs is 2. The number of halogens is 1. The second-order valence-electron chi connectivity index (χ2n) is 10.8. The van der Waals surface area contributed by atoms with E-state index in [2.05, 4.69) is 67.6 Å². The van der Waals surface area contributed by atoms with E-state index in [9.17, 15) is 9.18 Å². The fraction of sp³-hybridized carbons (Fsp3) is 0.344. The maximum absolute atomic E-state index is 12.9. The van der Waals surface area contributed by atoms with Crippen LogP contribution in [0.3, 0.4) is 0 Å². The zero-order chi connectivity index (χ0) is 29.8. The van der Waals surface area contributed by atoms with Crippen LogP contribution in [0.1, 0.15) is 23.9 Å². The third-order valence-corrected chi connectivity index (χ3v) is 10.2. The molecule has 2 aromatic heterocycles. The highest BCUT2D eigenvalue weighted by atomic mass is 32.2. The van der Waals surface area contributed by atoms with Crippen LogP contribution in [0.2, 0.25) is 0 Å². The lowest BCUT2D eigenvalue weighted by molar-refractivity contribution is 0.122. The Morgan fingerprint density at radius 1 is 1.05 bits per heavy atom. The van der Waals surface area contributed by atoms with Gasteiger partial charge in [-0.25, -0.2) is 4.39 Å². The number of hydrogen-bond donors (Lipinski definition) is 2. The van der Waals surface area contributed by atoms with Crippen molar-refractivity contribution in [2.75, 3.05) is 63.3 Å². The van der Waals surface area contributed by atoms with Gasteiger partial charge in [-0.05, 0) is 50.7 Å². The van der Waals surface area contributed by atoms with E-state index < -0.39 is 0 Å². The van der Waals surface area contributed by atoms with Gasteiger partial charge in [0, 0.05) is 75.0 Å². The largest absolute Gasteiger partial charge is 0.378 e. The number of morpholine rings is 1. The van der Waals surface area contributed by atoms with Crippen molar-refractivity contribution in [2.24, 2.45) is 0 Å². The molecule has 0 bridgehead atoms. The molecule has 4 heterocycles. The van der Waals surface area contributed by atoms with Gasteiger partial charge in [-0.15, -0.1) is 0 Å². The topological polar surface area (TPSA) is 86.4 Å². The van der Waals surface area contributed by atoms with Gasteiger partial charge in [0.25, 0.3) is 0 Å². The second-order valence-corrected chi connectivity index (χ2v) is 12.9. The quantitative estimate of drug-likeness (QED) is 0.195. The van der Waals surface area contributed by atoms with Crippen LogP contribution in [0.5, 0.6) is 0 Å². The molecule has 2 aliphatic rings. The van der Waals surface area contributed by atoms with E-state index in [1.807, 2.05) is 25.1 Å². The summed E-state index contributed by atoms with van der Waals surface area (Å²) in [5, 5.41) is 3.67. The molecule has 0 saturated carbocycles. The Kier molecular flexibility index (Phi) is 9.32. The van der Waals surface area contributed by atoms with E-state index in [0.717, 1.165) is 74.8 Å². The average molecular weight is 619 g/mol. The minimum Gasteiger partial charge on any atom is -0.378 e. The van der Waals surface area contributed by atoms with Gasteiger partial charge in [-0.1, -0.05) is 35.7 Å². The van der Waals surface area contributed by atoms with E-state index in [1.165, 1.54) is 4.90 Å². The summed E-state index contributed by atoms with van der Waals surface area (Å²) in [6.07, 6.45) is 4.37. The molecule has 2 N–H and O–H groups in total. The zero-order valence-corrected chi connectivity index (χ0v) is 25.9. The highest BCUT2D eigenvalue weighted by Crippen LogP contribution is 2.52. The van der Waals surface area contributed by atoms with Gasteiger partial charge < -0.3 is 24.8 Å². The maximum atomic E-state index is 12.9. The second kappa shape index (κ2) is 13.5. The monoisotopic (exact) mass is 618 g/mol. The van der Waals surface area contributed by atoms with E-state index in [-0.39, 0.29) is 18.3 Å². The van der Waals surface area contributed by atoms with E-state index in [4.69, 9.17) is 4.74 Å². The SMILES string of the molecule is Cc1cnc(C(CCN(C)CCF)Nc2ccc3c(c2)Sc2cccc(-c4cc(N5CCOCC5)cc(=O)[nH]4)c2S3)cn1. The van der Waals surface area contributed by atoms with Gasteiger partial charge >= 0.3 is 0 Å². The standard InChI is InChI=1S/C32H35FN6O2S2/c1-21-19-35-27(20-34-21)25(8-10-38(2)11-9-33)36-22-6-7-28-30(16-22)42-29-5-3-4-24(32(29)43-28)26-17-23(18-31(40)37-26)39-12-14-41-15-13-39/h3-7,16-20,25,36H,8-15H2,1-2H3,(H,37,40). The number of hydrogen-bond acceptors (Lipinski definition) is 9. The molecular weight excluding hydrogens is 584 g/mol. The predicted octanol–water partition coefficient (Wildman–Crippen LogP) is 6.04. The van der Waals surface area contributed by atoms with Crippen molar-refractivity contribution < 1.29 is 9.13 Å². The summed E-state index contributed by atoms with van der Waals surface area (Å²) in [6.45, 7) is 5.58. The number of nitrogens with zero attached hydrogens (tertiary/aromatic N) is 4. The number of aryl methyl sites for hydroxylation is 1. The average Bonchev–Trinajstić information content (AvgIpc) is 3.02. The highest BCUT2D eigenvalue weighted by molar-refractivity contribution is 8.05. The lowest BCUT2D eigenvalue weighted by Crippen LogP contribution is -2.36. The molecule has 8 nitrogen and oxygen atoms in total. The normalized spacial score (nSPS) is 15.2. The smallest absolute Gasteiger partial charge is 0.250 e. The van der Waals surface area contributed by atoms with Crippen LogP contribution in [0, 0.1) is 6.92 Å². The first kappa shape index (κ1) is 29.7. The Morgan fingerprint density at radius 2 is 1.91 bits per heavy atom. The fourth-order valence-corrected chi connectivity index (χ4v) is 7.68. The Morgan fingerprint density at radius 3 is 2.70 bits per heavy atom. The summed E-state index contributed by atoms with van der Waals surface area (Å²) in [7, 11) is 1.93. The molecule has 0 aliphatic carbocycles. The molecule has 4 aromatic rings. The number of anilines is 2. The summed E-state index contributed by atoms with van der Waals surface area (Å²) < 4.78 is 18.4. The number of benzene rings is 2. The van der Waals surface area contributed by atoms with Crippen LogP contribution in [-0.2, 0) is 4.74 Å². The Hall–Kier alpha value is -3.38. The lowest BCUT2D eigenvalue weighted by Gasteiger charge is -2.29. The van der Waals surface area contributed by atoms with Gasteiger partial charge in [0.15, 0.2) is 0 Å². The zero-order valence-electron chi connectivity index (χ0n) is 24.3. The molecule has 2 aliphatic heterocycles. The molecule has 1 fully saturated rings. The third-order valence-electron chi connectivity index (χ3n) is 7.61. The lowest BCUT2D eigenvalue weighted by atomic mass is 10.1. The predicted molar refractivity (Wildman–Crippen MR) is 171 cm³/mol. The molecule has 11 heteroatoms.